The number of primary amides is 1. The average molecular weight is 266 g/mol. The van der Waals surface area contributed by atoms with E-state index in [1.54, 1.807) is 4.68 Å². The predicted molar refractivity (Wildman–Crippen MR) is 70.3 cm³/mol. The molecular weight excluding hydrogens is 244 g/mol. The van der Waals surface area contributed by atoms with E-state index in [1.807, 2.05) is 0 Å². The number of amides is 1. The van der Waals surface area contributed by atoms with Crippen LogP contribution in [0.25, 0.3) is 0 Å². The molecule has 1 aromatic rings. The van der Waals surface area contributed by atoms with Crippen LogP contribution >= 0.6 is 0 Å². The quantitative estimate of drug-likeness (QED) is 0.879. The summed E-state index contributed by atoms with van der Waals surface area (Å²) in [6.07, 6.45) is 5.02. The Bertz CT molecular complexity index is 446. The molecule has 106 valence electrons. The van der Waals surface area contributed by atoms with Gasteiger partial charge in [0.15, 0.2) is 6.23 Å². The van der Waals surface area contributed by atoms with Gasteiger partial charge in [0.1, 0.15) is 6.33 Å². The van der Waals surface area contributed by atoms with Gasteiger partial charge in [-0.3, -0.25) is 4.79 Å². The number of carbonyl (C=O) groups excluding carboxylic acids is 1. The highest BCUT2D eigenvalue weighted by molar-refractivity contribution is 5.88. The Kier molecular flexibility index (Phi) is 4.19. The molecule has 0 radical (unpaired) electrons. The second-order valence-corrected chi connectivity index (χ2v) is 5.34. The molecule has 1 aliphatic rings. The predicted octanol–water partition coefficient (Wildman–Crippen LogP) is 1.74. The number of rotatable bonds is 5. The Morgan fingerprint density at radius 2 is 2.21 bits per heavy atom. The molecule has 2 rings (SSSR count). The number of unbranched alkanes of at least 4 members (excludes halogenated alkanes) is 1. The van der Waals surface area contributed by atoms with E-state index in [2.05, 4.69) is 30.9 Å². The standard InChI is InChI=1S/C13H22N4O2/c1-4-5-6-10-8(2)9(3)13(19-10)17-7-15-12(16-17)11(14)18/h7-10,13H,4-6H2,1-3H3,(H2,14,18). The molecule has 6 heteroatoms. The van der Waals surface area contributed by atoms with E-state index >= 15 is 0 Å². The maximum Gasteiger partial charge on any atom is 0.288 e. The van der Waals surface area contributed by atoms with Crippen molar-refractivity contribution in [3.8, 4) is 0 Å². The summed E-state index contributed by atoms with van der Waals surface area (Å²) in [5.74, 6) is 0.238. The number of nitrogens with zero attached hydrogens (tertiary/aromatic N) is 3. The van der Waals surface area contributed by atoms with Gasteiger partial charge >= 0.3 is 0 Å². The molecule has 0 aromatic carbocycles. The number of ether oxygens (including phenoxy) is 1. The largest absolute Gasteiger partial charge is 0.363 e. The highest BCUT2D eigenvalue weighted by Gasteiger charge is 2.40. The third kappa shape index (κ3) is 2.78. The zero-order valence-electron chi connectivity index (χ0n) is 11.7. The minimum Gasteiger partial charge on any atom is -0.363 e. The fraction of sp³-hybridized carbons (Fsp3) is 0.769. The SMILES string of the molecule is CCCCC1OC(n2cnc(C(N)=O)n2)C(C)C1C. The van der Waals surface area contributed by atoms with Crippen molar-refractivity contribution in [2.75, 3.05) is 0 Å². The van der Waals surface area contributed by atoms with E-state index < -0.39 is 5.91 Å². The van der Waals surface area contributed by atoms with E-state index in [-0.39, 0.29) is 18.2 Å². The van der Waals surface area contributed by atoms with Gasteiger partial charge in [-0.25, -0.2) is 9.67 Å². The summed E-state index contributed by atoms with van der Waals surface area (Å²) in [6, 6.07) is 0. The summed E-state index contributed by atoms with van der Waals surface area (Å²) in [5.41, 5.74) is 5.16. The Labute approximate surface area is 113 Å². The van der Waals surface area contributed by atoms with Crippen molar-refractivity contribution in [2.45, 2.75) is 52.4 Å². The highest BCUT2D eigenvalue weighted by atomic mass is 16.5. The van der Waals surface area contributed by atoms with Crippen LogP contribution in [0.1, 0.15) is 56.9 Å². The van der Waals surface area contributed by atoms with E-state index in [1.165, 1.54) is 19.2 Å². The molecule has 2 N–H and O–H groups in total. The lowest BCUT2D eigenvalue weighted by Crippen LogP contribution is -2.18. The second-order valence-electron chi connectivity index (χ2n) is 5.34. The summed E-state index contributed by atoms with van der Waals surface area (Å²) in [4.78, 5) is 14.9. The number of hydrogen-bond acceptors (Lipinski definition) is 4. The number of aromatic nitrogens is 3. The zero-order valence-corrected chi connectivity index (χ0v) is 11.7. The maximum atomic E-state index is 11.0. The van der Waals surface area contributed by atoms with E-state index in [0.717, 1.165) is 6.42 Å². The van der Waals surface area contributed by atoms with Gasteiger partial charge in [0.2, 0.25) is 5.82 Å². The van der Waals surface area contributed by atoms with Crippen LogP contribution in [0.3, 0.4) is 0 Å². The third-order valence-corrected chi connectivity index (χ3v) is 4.01. The lowest BCUT2D eigenvalue weighted by molar-refractivity contribution is -0.0241. The van der Waals surface area contributed by atoms with Crippen LogP contribution in [0, 0.1) is 11.8 Å². The van der Waals surface area contributed by atoms with Crippen LogP contribution in [0.15, 0.2) is 6.33 Å². The van der Waals surface area contributed by atoms with Gasteiger partial charge in [0.25, 0.3) is 5.91 Å². The second kappa shape index (κ2) is 5.69. The Morgan fingerprint density at radius 1 is 1.47 bits per heavy atom. The maximum absolute atomic E-state index is 11.0. The summed E-state index contributed by atoms with van der Waals surface area (Å²) < 4.78 is 7.69. The molecule has 0 spiro atoms. The molecule has 0 saturated carbocycles. The van der Waals surface area contributed by atoms with Gasteiger partial charge in [-0.05, 0) is 12.3 Å². The monoisotopic (exact) mass is 266 g/mol. The highest BCUT2D eigenvalue weighted by Crippen LogP contribution is 2.40. The lowest BCUT2D eigenvalue weighted by Gasteiger charge is -2.15. The zero-order chi connectivity index (χ0) is 14.0. The fourth-order valence-electron chi connectivity index (χ4n) is 2.58. The molecule has 1 fully saturated rings. The number of hydrogen-bond donors (Lipinski definition) is 1. The van der Waals surface area contributed by atoms with Crippen LogP contribution in [-0.2, 0) is 4.74 Å². The molecule has 0 bridgehead atoms. The third-order valence-electron chi connectivity index (χ3n) is 4.01. The van der Waals surface area contributed by atoms with Gasteiger partial charge in [-0.2, -0.15) is 0 Å². The molecule has 4 atom stereocenters. The summed E-state index contributed by atoms with van der Waals surface area (Å²) in [7, 11) is 0. The number of carbonyl (C=O) groups is 1. The average Bonchev–Trinajstić information content (AvgIpc) is 2.95. The van der Waals surface area contributed by atoms with Crippen molar-refractivity contribution in [1.82, 2.24) is 14.8 Å². The topological polar surface area (TPSA) is 83.0 Å². The van der Waals surface area contributed by atoms with Gasteiger partial charge in [-0.1, -0.05) is 33.6 Å². The Morgan fingerprint density at radius 3 is 2.79 bits per heavy atom. The molecular formula is C13H22N4O2. The number of nitrogens with two attached hydrogens (primary N) is 1. The molecule has 4 unspecified atom stereocenters. The van der Waals surface area contributed by atoms with E-state index in [0.29, 0.717) is 11.8 Å². The van der Waals surface area contributed by atoms with E-state index in [9.17, 15) is 4.79 Å². The first-order valence-electron chi connectivity index (χ1n) is 6.91. The Balaban J connectivity index is 2.09. The normalized spacial score (nSPS) is 30.7. The van der Waals surface area contributed by atoms with Crippen LogP contribution in [-0.4, -0.2) is 26.8 Å². The molecule has 1 aliphatic heterocycles. The minimum atomic E-state index is -0.611. The van der Waals surface area contributed by atoms with Crippen molar-refractivity contribution in [3.05, 3.63) is 12.2 Å². The molecule has 0 aliphatic carbocycles. The first kappa shape index (κ1) is 14.0. The molecule has 1 saturated heterocycles. The van der Waals surface area contributed by atoms with E-state index in [4.69, 9.17) is 10.5 Å². The van der Waals surface area contributed by atoms with Crippen molar-refractivity contribution < 1.29 is 9.53 Å². The molecule has 1 aromatic heterocycles. The van der Waals surface area contributed by atoms with Crippen molar-refractivity contribution >= 4 is 5.91 Å². The molecule has 1 amide bonds. The van der Waals surface area contributed by atoms with Crippen LogP contribution < -0.4 is 5.73 Å². The van der Waals surface area contributed by atoms with Crippen molar-refractivity contribution in [3.63, 3.8) is 0 Å². The molecule has 6 nitrogen and oxygen atoms in total. The Hall–Kier alpha value is -1.43. The van der Waals surface area contributed by atoms with Gasteiger partial charge < -0.3 is 10.5 Å². The van der Waals surface area contributed by atoms with Crippen LogP contribution in [0.5, 0.6) is 0 Å². The first-order valence-corrected chi connectivity index (χ1v) is 6.91. The first-order chi connectivity index (χ1) is 9.04. The van der Waals surface area contributed by atoms with Gasteiger partial charge in [0.05, 0.1) is 6.10 Å². The lowest BCUT2D eigenvalue weighted by atomic mass is 9.90. The smallest absolute Gasteiger partial charge is 0.288 e. The van der Waals surface area contributed by atoms with Crippen molar-refractivity contribution in [2.24, 2.45) is 17.6 Å². The summed E-state index contributed by atoms with van der Waals surface area (Å²) in [6.45, 7) is 6.53. The molecule has 19 heavy (non-hydrogen) atoms. The molecule has 2 heterocycles. The summed E-state index contributed by atoms with van der Waals surface area (Å²) >= 11 is 0. The minimum absolute atomic E-state index is 0.0421. The summed E-state index contributed by atoms with van der Waals surface area (Å²) in [5, 5.41) is 4.10. The van der Waals surface area contributed by atoms with Gasteiger partial charge in [-0.15, -0.1) is 5.10 Å². The van der Waals surface area contributed by atoms with Crippen LogP contribution in [0.2, 0.25) is 0 Å². The van der Waals surface area contributed by atoms with Gasteiger partial charge in [0, 0.05) is 5.92 Å². The fourth-order valence-corrected chi connectivity index (χ4v) is 2.58. The van der Waals surface area contributed by atoms with Crippen molar-refractivity contribution in [1.29, 1.82) is 0 Å². The van der Waals surface area contributed by atoms with Crippen LogP contribution in [0.4, 0.5) is 0 Å².